The highest BCUT2D eigenvalue weighted by Crippen LogP contribution is 2.11. The summed E-state index contributed by atoms with van der Waals surface area (Å²) in [4.78, 5) is 22.3. The number of carbonyl (C=O) groups is 2. The van der Waals surface area contributed by atoms with E-state index in [1.165, 1.54) is 0 Å². The molecule has 116 valence electrons. The van der Waals surface area contributed by atoms with Crippen LogP contribution in [0.2, 0.25) is 0 Å². The van der Waals surface area contributed by atoms with Gasteiger partial charge < -0.3 is 20.5 Å². The topological polar surface area (TPSA) is 87.7 Å². The van der Waals surface area contributed by atoms with E-state index in [-0.39, 0.29) is 12.5 Å². The van der Waals surface area contributed by atoms with Crippen LogP contribution in [0, 0.1) is 5.92 Å². The number of rotatable bonds is 8. The van der Waals surface area contributed by atoms with Gasteiger partial charge in [0.25, 0.3) is 0 Å². The highest BCUT2D eigenvalue weighted by Gasteiger charge is 2.04. The molecule has 6 nitrogen and oxygen atoms in total. The lowest BCUT2D eigenvalue weighted by molar-refractivity contribution is -0.136. The minimum atomic E-state index is -0.904. The lowest BCUT2D eigenvalue weighted by Crippen LogP contribution is -2.31. The van der Waals surface area contributed by atoms with Crippen molar-refractivity contribution in [2.75, 3.05) is 25.1 Å². The van der Waals surface area contributed by atoms with Crippen LogP contribution in [-0.4, -0.2) is 36.9 Å². The van der Waals surface area contributed by atoms with Crippen molar-refractivity contribution < 1.29 is 19.4 Å². The monoisotopic (exact) mass is 294 g/mol. The molecule has 0 atom stereocenters. The fourth-order valence-electron chi connectivity index (χ4n) is 1.66. The number of benzene rings is 1. The number of urea groups is 1. The molecule has 2 amide bonds. The summed E-state index contributed by atoms with van der Waals surface area (Å²) in [5.74, 6) is -0.435. The van der Waals surface area contributed by atoms with Crippen molar-refractivity contribution in [3.8, 4) is 0 Å². The van der Waals surface area contributed by atoms with Gasteiger partial charge in [0.15, 0.2) is 0 Å². The number of hydrogen-bond acceptors (Lipinski definition) is 3. The predicted molar refractivity (Wildman–Crippen MR) is 80.5 cm³/mol. The number of anilines is 1. The average Bonchev–Trinajstić information content (AvgIpc) is 2.37. The van der Waals surface area contributed by atoms with Crippen molar-refractivity contribution in [1.82, 2.24) is 5.32 Å². The standard InChI is InChI=1S/C15H22N2O4/c1-11(2)10-21-7-6-16-15(20)17-13-5-3-4-12(8-13)9-14(18)19/h3-5,8,11H,6-7,9-10H2,1-2H3,(H,18,19)(H2,16,17,20). The van der Waals surface area contributed by atoms with Crippen molar-refractivity contribution in [2.45, 2.75) is 20.3 Å². The molecule has 21 heavy (non-hydrogen) atoms. The summed E-state index contributed by atoms with van der Waals surface area (Å²) in [5.41, 5.74) is 1.20. The van der Waals surface area contributed by atoms with Gasteiger partial charge in [-0.1, -0.05) is 26.0 Å². The van der Waals surface area contributed by atoms with Gasteiger partial charge in [0.1, 0.15) is 0 Å². The number of aliphatic carboxylic acids is 1. The average molecular weight is 294 g/mol. The fourth-order valence-corrected chi connectivity index (χ4v) is 1.66. The zero-order valence-corrected chi connectivity index (χ0v) is 12.4. The Bertz CT molecular complexity index is 474. The van der Waals surface area contributed by atoms with Crippen molar-refractivity contribution in [2.24, 2.45) is 5.92 Å². The first-order valence-corrected chi connectivity index (χ1v) is 6.90. The summed E-state index contributed by atoms with van der Waals surface area (Å²) in [6.45, 7) is 5.67. The lowest BCUT2D eigenvalue weighted by atomic mass is 10.1. The van der Waals surface area contributed by atoms with E-state index in [4.69, 9.17) is 9.84 Å². The molecule has 6 heteroatoms. The first-order chi connectivity index (χ1) is 9.97. The van der Waals surface area contributed by atoms with Crippen LogP contribution in [0.3, 0.4) is 0 Å². The summed E-state index contributed by atoms with van der Waals surface area (Å²) in [6.07, 6.45) is -0.0693. The molecule has 0 aromatic heterocycles. The molecule has 0 unspecified atom stereocenters. The van der Waals surface area contributed by atoms with E-state index in [0.717, 1.165) is 0 Å². The van der Waals surface area contributed by atoms with E-state index < -0.39 is 5.97 Å². The second-order valence-corrected chi connectivity index (χ2v) is 5.12. The van der Waals surface area contributed by atoms with Crippen LogP contribution in [0.4, 0.5) is 10.5 Å². The van der Waals surface area contributed by atoms with Gasteiger partial charge in [0.2, 0.25) is 0 Å². The van der Waals surface area contributed by atoms with E-state index in [9.17, 15) is 9.59 Å². The van der Waals surface area contributed by atoms with E-state index in [2.05, 4.69) is 24.5 Å². The van der Waals surface area contributed by atoms with Gasteiger partial charge in [-0.05, 0) is 23.6 Å². The molecule has 1 aromatic carbocycles. The van der Waals surface area contributed by atoms with Crippen LogP contribution in [0.1, 0.15) is 19.4 Å². The second-order valence-electron chi connectivity index (χ2n) is 5.12. The second kappa shape index (κ2) is 8.97. The Hall–Kier alpha value is -2.08. The van der Waals surface area contributed by atoms with Crippen molar-refractivity contribution in [3.05, 3.63) is 29.8 Å². The van der Waals surface area contributed by atoms with Gasteiger partial charge in [-0.15, -0.1) is 0 Å². The van der Waals surface area contributed by atoms with Crippen LogP contribution in [0.5, 0.6) is 0 Å². The predicted octanol–water partition coefficient (Wildman–Crippen LogP) is 2.11. The number of hydrogen-bond donors (Lipinski definition) is 3. The Balaban J connectivity index is 2.32. The quantitative estimate of drug-likeness (QED) is 0.641. The van der Waals surface area contributed by atoms with Crippen LogP contribution in [-0.2, 0) is 16.0 Å². The smallest absolute Gasteiger partial charge is 0.319 e. The van der Waals surface area contributed by atoms with Crippen LogP contribution in [0.15, 0.2) is 24.3 Å². The summed E-state index contributed by atoms with van der Waals surface area (Å²) in [5, 5.41) is 14.1. The molecule has 0 radical (unpaired) electrons. The molecule has 0 fully saturated rings. The van der Waals surface area contributed by atoms with Crippen LogP contribution < -0.4 is 10.6 Å². The maximum Gasteiger partial charge on any atom is 0.319 e. The van der Waals surface area contributed by atoms with Gasteiger partial charge in [-0.25, -0.2) is 4.79 Å². The molecule has 0 saturated carbocycles. The molecule has 0 spiro atoms. The van der Waals surface area contributed by atoms with E-state index in [0.29, 0.717) is 36.9 Å². The molecular formula is C15H22N2O4. The molecule has 0 saturated heterocycles. The van der Waals surface area contributed by atoms with E-state index in [1.54, 1.807) is 24.3 Å². The number of ether oxygens (including phenoxy) is 1. The molecule has 0 aliphatic rings. The molecular weight excluding hydrogens is 272 g/mol. The first-order valence-electron chi connectivity index (χ1n) is 6.90. The van der Waals surface area contributed by atoms with Gasteiger partial charge in [0, 0.05) is 18.8 Å². The molecule has 1 aromatic rings. The fraction of sp³-hybridized carbons (Fsp3) is 0.467. The molecule has 0 aliphatic carbocycles. The Kier molecular flexibility index (Phi) is 7.25. The number of carbonyl (C=O) groups excluding carboxylic acids is 1. The molecule has 1 rings (SSSR count). The third kappa shape index (κ3) is 7.94. The molecule has 3 N–H and O–H groups in total. The Morgan fingerprint density at radius 1 is 1.33 bits per heavy atom. The third-order valence-electron chi connectivity index (χ3n) is 2.52. The zero-order chi connectivity index (χ0) is 15.7. The minimum Gasteiger partial charge on any atom is -0.481 e. The summed E-state index contributed by atoms with van der Waals surface area (Å²) >= 11 is 0. The molecule has 0 bridgehead atoms. The zero-order valence-electron chi connectivity index (χ0n) is 12.4. The summed E-state index contributed by atoms with van der Waals surface area (Å²) in [7, 11) is 0. The first kappa shape index (κ1) is 17.0. The molecule has 0 aliphatic heterocycles. The van der Waals surface area contributed by atoms with Crippen molar-refractivity contribution in [1.29, 1.82) is 0 Å². The van der Waals surface area contributed by atoms with Crippen molar-refractivity contribution >= 4 is 17.7 Å². The largest absolute Gasteiger partial charge is 0.481 e. The number of nitrogens with one attached hydrogen (secondary N) is 2. The number of carboxylic acid groups (broad SMARTS) is 1. The molecule has 0 heterocycles. The minimum absolute atomic E-state index is 0.0693. The Morgan fingerprint density at radius 3 is 2.76 bits per heavy atom. The Labute approximate surface area is 124 Å². The van der Waals surface area contributed by atoms with Crippen LogP contribution >= 0.6 is 0 Å². The summed E-state index contributed by atoms with van der Waals surface area (Å²) in [6, 6.07) is 6.43. The highest BCUT2D eigenvalue weighted by molar-refractivity contribution is 5.89. The lowest BCUT2D eigenvalue weighted by Gasteiger charge is -2.10. The van der Waals surface area contributed by atoms with Gasteiger partial charge >= 0.3 is 12.0 Å². The number of amides is 2. The SMILES string of the molecule is CC(C)COCCNC(=O)Nc1cccc(CC(=O)O)c1. The number of carboxylic acids is 1. The van der Waals surface area contributed by atoms with Gasteiger partial charge in [0.05, 0.1) is 13.0 Å². The van der Waals surface area contributed by atoms with E-state index in [1.807, 2.05) is 0 Å². The normalized spacial score (nSPS) is 10.4. The summed E-state index contributed by atoms with van der Waals surface area (Å²) < 4.78 is 5.35. The van der Waals surface area contributed by atoms with Gasteiger partial charge in [-0.3, -0.25) is 4.79 Å². The Morgan fingerprint density at radius 2 is 2.10 bits per heavy atom. The van der Waals surface area contributed by atoms with E-state index >= 15 is 0 Å². The van der Waals surface area contributed by atoms with Crippen molar-refractivity contribution in [3.63, 3.8) is 0 Å². The maximum absolute atomic E-state index is 11.6. The van der Waals surface area contributed by atoms with Crippen LogP contribution in [0.25, 0.3) is 0 Å². The maximum atomic E-state index is 11.6. The third-order valence-corrected chi connectivity index (χ3v) is 2.52. The van der Waals surface area contributed by atoms with Gasteiger partial charge in [-0.2, -0.15) is 0 Å². The highest BCUT2D eigenvalue weighted by atomic mass is 16.5.